The lowest BCUT2D eigenvalue weighted by atomic mass is 9.98. The van der Waals surface area contributed by atoms with Crippen LogP contribution in [0.2, 0.25) is 0 Å². The lowest BCUT2D eigenvalue weighted by Gasteiger charge is -2.41. The van der Waals surface area contributed by atoms with Gasteiger partial charge in [0.05, 0.1) is 17.7 Å². The van der Waals surface area contributed by atoms with E-state index in [2.05, 4.69) is 5.32 Å². The summed E-state index contributed by atoms with van der Waals surface area (Å²) in [5.41, 5.74) is 1.33. The van der Waals surface area contributed by atoms with Crippen LogP contribution in [0.5, 0.6) is 0 Å². The fourth-order valence-electron chi connectivity index (χ4n) is 4.00. The van der Waals surface area contributed by atoms with Gasteiger partial charge >= 0.3 is 18.0 Å². The van der Waals surface area contributed by atoms with Gasteiger partial charge in [-0.05, 0) is 29.8 Å². The third kappa shape index (κ3) is 8.60. The molecule has 4 rings (SSSR count). The van der Waals surface area contributed by atoms with Crippen molar-refractivity contribution in [1.82, 2.24) is 5.32 Å². The molecule has 0 bridgehead atoms. The number of aliphatic hydroxyl groups is 2. The Morgan fingerprint density at radius 1 is 0.756 bits per heavy atom. The van der Waals surface area contributed by atoms with Gasteiger partial charge in [-0.25, -0.2) is 14.4 Å². The third-order valence-corrected chi connectivity index (χ3v) is 6.15. The van der Waals surface area contributed by atoms with E-state index in [0.717, 1.165) is 5.56 Å². The smallest absolute Gasteiger partial charge is 0.407 e. The van der Waals surface area contributed by atoms with Crippen molar-refractivity contribution in [3.05, 3.63) is 108 Å². The minimum absolute atomic E-state index is 0.00485. The van der Waals surface area contributed by atoms with E-state index in [4.69, 9.17) is 23.7 Å². The number of ether oxygens (including phenoxy) is 5. The van der Waals surface area contributed by atoms with Crippen LogP contribution in [0.15, 0.2) is 91.0 Å². The number of amides is 1. The van der Waals surface area contributed by atoms with Crippen molar-refractivity contribution in [2.75, 3.05) is 19.8 Å². The van der Waals surface area contributed by atoms with Crippen LogP contribution in [-0.4, -0.2) is 78.7 Å². The zero-order chi connectivity index (χ0) is 29.0. The fraction of sp³-hybridized carbons (Fsp3) is 0.300. The normalized spacial score (nSPS) is 21.9. The molecule has 0 spiro atoms. The summed E-state index contributed by atoms with van der Waals surface area (Å²) in [5.74, 6) is -1.43. The molecule has 5 atom stereocenters. The van der Waals surface area contributed by atoms with Crippen LogP contribution in [0.3, 0.4) is 0 Å². The summed E-state index contributed by atoms with van der Waals surface area (Å²) in [6.45, 7) is -0.433. The Kier molecular flexibility index (Phi) is 10.8. The fourth-order valence-corrected chi connectivity index (χ4v) is 4.00. The second kappa shape index (κ2) is 14.9. The molecular formula is C30H31NO10. The zero-order valence-corrected chi connectivity index (χ0v) is 22.0. The van der Waals surface area contributed by atoms with Crippen LogP contribution in [0, 0.1) is 0 Å². The van der Waals surface area contributed by atoms with Gasteiger partial charge in [0.1, 0.15) is 31.5 Å². The summed E-state index contributed by atoms with van der Waals surface area (Å²) in [7, 11) is 0. The number of aliphatic hydroxyl groups excluding tert-OH is 2. The molecule has 1 fully saturated rings. The first-order valence-electron chi connectivity index (χ1n) is 13.0. The van der Waals surface area contributed by atoms with E-state index in [9.17, 15) is 24.6 Å². The Bertz CT molecular complexity index is 1260. The molecule has 3 aromatic carbocycles. The summed E-state index contributed by atoms with van der Waals surface area (Å²) < 4.78 is 27.2. The molecular weight excluding hydrogens is 534 g/mol. The van der Waals surface area contributed by atoms with E-state index >= 15 is 0 Å². The van der Waals surface area contributed by atoms with Gasteiger partial charge in [0.15, 0.2) is 12.4 Å². The molecule has 1 amide bonds. The standard InChI is InChI=1S/C30H31NO10/c32-24-23(19-38-27(34)21-12-6-2-7-13-21)40-29(25(33)26(24)41-28(35)22-14-8-3-9-15-22)37-17-16-31-30(36)39-18-20-10-4-1-5-11-20/h1-15,23-26,29,32-33H,16-19H2,(H,31,36)/t23-,24+,25-,26+,29-/m1/s1. The van der Waals surface area contributed by atoms with Crippen molar-refractivity contribution in [3.63, 3.8) is 0 Å². The number of esters is 2. The van der Waals surface area contributed by atoms with Crippen LogP contribution in [0.4, 0.5) is 4.79 Å². The molecule has 3 N–H and O–H groups in total. The molecule has 3 aromatic rings. The molecule has 0 aromatic heterocycles. The van der Waals surface area contributed by atoms with Gasteiger partial charge < -0.3 is 39.2 Å². The molecule has 216 valence electrons. The highest BCUT2D eigenvalue weighted by molar-refractivity contribution is 5.89. The van der Waals surface area contributed by atoms with E-state index in [1.807, 2.05) is 30.3 Å². The molecule has 11 nitrogen and oxygen atoms in total. The van der Waals surface area contributed by atoms with Crippen molar-refractivity contribution in [1.29, 1.82) is 0 Å². The van der Waals surface area contributed by atoms with Crippen molar-refractivity contribution < 1.29 is 48.3 Å². The lowest BCUT2D eigenvalue weighted by Crippen LogP contribution is -2.61. The second-order valence-corrected chi connectivity index (χ2v) is 9.08. The summed E-state index contributed by atoms with van der Waals surface area (Å²) in [6, 6.07) is 25.4. The first-order chi connectivity index (χ1) is 19.9. The van der Waals surface area contributed by atoms with Gasteiger partial charge in [-0.1, -0.05) is 66.7 Å². The van der Waals surface area contributed by atoms with Crippen molar-refractivity contribution in [2.45, 2.75) is 37.3 Å². The number of rotatable bonds is 11. The predicted molar refractivity (Wildman–Crippen MR) is 144 cm³/mol. The maximum absolute atomic E-state index is 12.7. The van der Waals surface area contributed by atoms with Crippen LogP contribution >= 0.6 is 0 Å². The number of hydrogen-bond acceptors (Lipinski definition) is 10. The van der Waals surface area contributed by atoms with E-state index in [1.165, 1.54) is 12.1 Å². The summed E-state index contributed by atoms with van der Waals surface area (Å²) in [5, 5.41) is 24.3. The second-order valence-electron chi connectivity index (χ2n) is 9.08. The monoisotopic (exact) mass is 565 g/mol. The van der Waals surface area contributed by atoms with Crippen molar-refractivity contribution in [3.8, 4) is 0 Å². The Morgan fingerprint density at radius 2 is 1.34 bits per heavy atom. The summed E-state index contributed by atoms with van der Waals surface area (Å²) in [6.07, 6.45) is -7.86. The minimum Gasteiger partial charge on any atom is -0.459 e. The van der Waals surface area contributed by atoms with E-state index in [0.29, 0.717) is 5.56 Å². The molecule has 1 saturated heterocycles. The number of hydrogen-bond donors (Lipinski definition) is 3. The van der Waals surface area contributed by atoms with Gasteiger partial charge in [0, 0.05) is 6.54 Å². The molecule has 0 unspecified atom stereocenters. The number of nitrogens with one attached hydrogen (secondary N) is 1. The zero-order valence-electron chi connectivity index (χ0n) is 22.0. The van der Waals surface area contributed by atoms with Crippen molar-refractivity contribution in [2.24, 2.45) is 0 Å². The highest BCUT2D eigenvalue weighted by Crippen LogP contribution is 2.26. The highest BCUT2D eigenvalue weighted by atomic mass is 16.7. The maximum atomic E-state index is 12.7. The SMILES string of the molecule is O=C(NCCO[C@@H]1O[C@H](COC(=O)c2ccccc2)[C@H](O)[C@H](OC(=O)c2ccccc2)[C@H]1O)OCc1ccccc1. The summed E-state index contributed by atoms with van der Waals surface area (Å²) >= 11 is 0. The van der Waals surface area contributed by atoms with E-state index in [1.54, 1.807) is 48.5 Å². The topological polar surface area (TPSA) is 150 Å². The quantitative estimate of drug-likeness (QED) is 0.180. The highest BCUT2D eigenvalue weighted by Gasteiger charge is 2.48. The number of benzene rings is 3. The van der Waals surface area contributed by atoms with Crippen LogP contribution in [0.1, 0.15) is 26.3 Å². The average Bonchev–Trinajstić information content (AvgIpc) is 3.01. The Morgan fingerprint density at radius 3 is 1.98 bits per heavy atom. The molecule has 0 saturated carbocycles. The van der Waals surface area contributed by atoms with Gasteiger partial charge in [0.2, 0.25) is 0 Å². The third-order valence-electron chi connectivity index (χ3n) is 6.15. The predicted octanol–water partition coefficient (Wildman–Crippen LogP) is 2.46. The number of alkyl carbamates (subject to hydrolysis) is 1. The lowest BCUT2D eigenvalue weighted by molar-refractivity contribution is -0.299. The molecule has 41 heavy (non-hydrogen) atoms. The van der Waals surface area contributed by atoms with Gasteiger partial charge in [-0.15, -0.1) is 0 Å². The van der Waals surface area contributed by atoms with Crippen LogP contribution in [0.25, 0.3) is 0 Å². The van der Waals surface area contributed by atoms with E-state index in [-0.39, 0.29) is 25.3 Å². The largest absolute Gasteiger partial charge is 0.459 e. The molecule has 11 heteroatoms. The molecule has 1 heterocycles. The minimum atomic E-state index is -1.59. The van der Waals surface area contributed by atoms with Crippen LogP contribution in [-0.2, 0) is 30.3 Å². The Labute approximate surface area is 236 Å². The van der Waals surface area contributed by atoms with Crippen LogP contribution < -0.4 is 5.32 Å². The van der Waals surface area contributed by atoms with Gasteiger partial charge in [-0.3, -0.25) is 0 Å². The molecule has 0 aliphatic carbocycles. The average molecular weight is 566 g/mol. The van der Waals surface area contributed by atoms with Gasteiger partial charge in [-0.2, -0.15) is 0 Å². The molecule has 1 aliphatic rings. The number of carbonyl (C=O) groups excluding carboxylic acids is 3. The Balaban J connectivity index is 1.34. The van der Waals surface area contributed by atoms with Crippen molar-refractivity contribution >= 4 is 18.0 Å². The number of carbonyl (C=O) groups is 3. The summed E-state index contributed by atoms with van der Waals surface area (Å²) in [4.78, 5) is 37.1. The first-order valence-corrected chi connectivity index (χ1v) is 13.0. The maximum Gasteiger partial charge on any atom is 0.407 e. The van der Waals surface area contributed by atoms with E-state index < -0.39 is 55.3 Å². The van der Waals surface area contributed by atoms with Gasteiger partial charge in [0.25, 0.3) is 0 Å². The molecule has 1 aliphatic heterocycles. The first kappa shape index (κ1) is 29.7. The molecule has 0 radical (unpaired) electrons. The Hall–Kier alpha value is -4.29.